The molecule has 4 rings (SSSR count). The Kier molecular flexibility index (Phi) is 6.93. The molecule has 0 radical (unpaired) electrons. The highest BCUT2D eigenvalue weighted by molar-refractivity contribution is 5.76. The molecule has 3 amide bonds. The van der Waals surface area contributed by atoms with Gasteiger partial charge in [-0.15, -0.1) is 0 Å². The van der Waals surface area contributed by atoms with E-state index in [9.17, 15) is 9.59 Å². The highest BCUT2D eigenvalue weighted by Gasteiger charge is 2.41. The van der Waals surface area contributed by atoms with Gasteiger partial charge in [0.15, 0.2) is 0 Å². The predicted octanol–water partition coefficient (Wildman–Crippen LogP) is 3.21. The number of nitrogens with zero attached hydrogens (tertiary/aromatic N) is 2. The Morgan fingerprint density at radius 3 is 2.50 bits per heavy atom. The van der Waals surface area contributed by atoms with Crippen LogP contribution in [0, 0.1) is 5.92 Å². The van der Waals surface area contributed by atoms with Crippen molar-refractivity contribution in [3.63, 3.8) is 0 Å². The molecule has 1 N–H and O–H groups in total. The van der Waals surface area contributed by atoms with Crippen LogP contribution >= 0.6 is 0 Å². The molecule has 0 aromatic heterocycles. The fourth-order valence-electron chi connectivity index (χ4n) is 5.18. The minimum atomic E-state index is -0.144. The SMILES string of the molecule is O=C(CC1CCOC2(CCN(C(=O)NCCc3ccccc3)CC2)C1)N1CCCC1. The van der Waals surface area contributed by atoms with Crippen molar-refractivity contribution in [2.24, 2.45) is 5.92 Å². The number of benzene rings is 1. The summed E-state index contributed by atoms with van der Waals surface area (Å²) < 4.78 is 6.23. The molecule has 3 aliphatic rings. The number of urea groups is 1. The first-order valence-corrected chi connectivity index (χ1v) is 11.6. The van der Waals surface area contributed by atoms with Crippen molar-refractivity contribution in [2.45, 2.75) is 57.0 Å². The van der Waals surface area contributed by atoms with Crippen molar-refractivity contribution in [1.82, 2.24) is 15.1 Å². The lowest BCUT2D eigenvalue weighted by Gasteiger charge is -2.46. The molecule has 3 saturated heterocycles. The molecule has 3 fully saturated rings. The van der Waals surface area contributed by atoms with Gasteiger partial charge in [-0.05, 0) is 56.4 Å². The third-order valence-corrected chi connectivity index (χ3v) is 7.01. The van der Waals surface area contributed by atoms with E-state index in [0.717, 1.165) is 77.7 Å². The maximum atomic E-state index is 12.6. The average Bonchev–Trinajstić information content (AvgIpc) is 3.30. The summed E-state index contributed by atoms with van der Waals surface area (Å²) in [5.74, 6) is 0.739. The van der Waals surface area contributed by atoms with Crippen molar-refractivity contribution >= 4 is 11.9 Å². The molecule has 0 saturated carbocycles. The fourth-order valence-corrected chi connectivity index (χ4v) is 5.18. The van der Waals surface area contributed by atoms with Gasteiger partial charge in [-0.25, -0.2) is 4.79 Å². The molecule has 6 heteroatoms. The smallest absolute Gasteiger partial charge is 0.317 e. The summed E-state index contributed by atoms with van der Waals surface area (Å²) in [7, 11) is 0. The number of carbonyl (C=O) groups excluding carboxylic acids is 2. The van der Waals surface area contributed by atoms with Gasteiger partial charge < -0.3 is 19.9 Å². The topological polar surface area (TPSA) is 61.9 Å². The molecule has 1 aromatic carbocycles. The van der Waals surface area contributed by atoms with Crippen LogP contribution in [-0.2, 0) is 16.0 Å². The normalized spacial score (nSPS) is 23.5. The molecule has 1 unspecified atom stereocenters. The van der Waals surface area contributed by atoms with Crippen LogP contribution < -0.4 is 5.32 Å². The van der Waals surface area contributed by atoms with E-state index in [0.29, 0.717) is 24.8 Å². The number of likely N-dealkylation sites (tertiary alicyclic amines) is 2. The maximum Gasteiger partial charge on any atom is 0.317 e. The van der Waals surface area contributed by atoms with Crippen LogP contribution in [0.25, 0.3) is 0 Å². The summed E-state index contributed by atoms with van der Waals surface area (Å²) >= 11 is 0. The Hall–Kier alpha value is -2.08. The molecule has 30 heavy (non-hydrogen) atoms. The van der Waals surface area contributed by atoms with Crippen LogP contribution in [0.2, 0.25) is 0 Å². The molecule has 1 aromatic rings. The van der Waals surface area contributed by atoms with E-state index in [1.807, 2.05) is 28.0 Å². The zero-order valence-corrected chi connectivity index (χ0v) is 18.0. The molecular weight excluding hydrogens is 378 g/mol. The van der Waals surface area contributed by atoms with Crippen molar-refractivity contribution < 1.29 is 14.3 Å². The van der Waals surface area contributed by atoms with Gasteiger partial charge in [0.1, 0.15) is 0 Å². The lowest BCUT2D eigenvalue weighted by Crippen LogP contribution is -2.53. The summed E-state index contributed by atoms with van der Waals surface area (Å²) in [6, 6.07) is 10.3. The van der Waals surface area contributed by atoms with Crippen LogP contribution in [0.3, 0.4) is 0 Å². The highest BCUT2D eigenvalue weighted by Crippen LogP contribution is 2.39. The summed E-state index contributed by atoms with van der Waals surface area (Å²) in [5, 5.41) is 3.05. The molecule has 0 aliphatic carbocycles. The van der Waals surface area contributed by atoms with Crippen molar-refractivity contribution in [3.8, 4) is 0 Å². The first kappa shape index (κ1) is 21.2. The molecule has 1 spiro atoms. The zero-order valence-electron chi connectivity index (χ0n) is 18.0. The number of amides is 3. The number of carbonyl (C=O) groups is 2. The third kappa shape index (κ3) is 5.34. The molecule has 164 valence electrons. The van der Waals surface area contributed by atoms with Crippen molar-refractivity contribution in [1.29, 1.82) is 0 Å². The quantitative estimate of drug-likeness (QED) is 0.806. The minimum Gasteiger partial charge on any atom is -0.375 e. The van der Waals surface area contributed by atoms with E-state index in [2.05, 4.69) is 17.4 Å². The first-order chi connectivity index (χ1) is 14.6. The third-order valence-electron chi connectivity index (χ3n) is 7.01. The number of piperidine rings is 1. The van der Waals surface area contributed by atoms with E-state index in [4.69, 9.17) is 4.74 Å². The molecule has 6 nitrogen and oxygen atoms in total. The minimum absolute atomic E-state index is 0.0253. The van der Waals surface area contributed by atoms with Crippen LogP contribution in [0.1, 0.15) is 50.5 Å². The van der Waals surface area contributed by atoms with Gasteiger partial charge in [0, 0.05) is 45.8 Å². The monoisotopic (exact) mass is 413 g/mol. The largest absolute Gasteiger partial charge is 0.375 e. The van der Waals surface area contributed by atoms with Gasteiger partial charge in [-0.1, -0.05) is 30.3 Å². The number of hydrogen-bond donors (Lipinski definition) is 1. The number of hydrogen-bond acceptors (Lipinski definition) is 3. The Morgan fingerprint density at radius 1 is 1.03 bits per heavy atom. The second-order valence-corrected chi connectivity index (χ2v) is 9.14. The van der Waals surface area contributed by atoms with Gasteiger partial charge in [-0.2, -0.15) is 0 Å². The Bertz CT molecular complexity index is 710. The molecule has 0 bridgehead atoms. The summed E-state index contributed by atoms with van der Waals surface area (Å²) in [5.41, 5.74) is 1.09. The molecule has 1 atom stereocenters. The van der Waals surface area contributed by atoms with Crippen LogP contribution in [0.15, 0.2) is 30.3 Å². The van der Waals surface area contributed by atoms with Gasteiger partial charge in [0.2, 0.25) is 5.91 Å². The van der Waals surface area contributed by atoms with Crippen molar-refractivity contribution in [2.75, 3.05) is 39.3 Å². The Labute approximate surface area is 179 Å². The summed E-state index contributed by atoms with van der Waals surface area (Å²) in [6.45, 7) is 4.71. The van der Waals surface area contributed by atoms with Gasteiger partial charge in [0.05, 0.1) is 5.60 Å². The van der Waals surface area contributed by atoms with Gasteiger partial charge >= 0.3 is 6.03 Å². The van der Waals surface area contributed by atoms with Crippen LogP contribution in [0.4, 0.5) is 4.79 Å². The standard InChI is InChI=1S/C24H35N3O3/c28-22(26-13-4-5-14-26)18-21-9-17-30-24(19-21)10-15-27(16-11-24)23(29)25-12-8-20-6-2-1-3-7-20/h1-3,6-7,21H,4-5,8-19H2,(H,25,29). The Morgan fingerprint density at radius 2 is 1.77 bits per heavy atom. The van der Waals surface area contributed by atoms with E-state index < -0.39 is 0 Å². The van der Waals surface area contributed by atoms with E-state index in [1.165, 1.54) is 5.56 Å². The number of rotatable bonds is 5. The van der Waals surface area contributed by atoms with E-state index in [1.54, 1.807) is 0 Å². The predicted molar refractivity (Wildman–Crippen MR) is 116 cm³/mol. The second-order valence-electron chi connectivity index (χ2n) is 9.14. The van der Waals surface area contributed by atoms with Crippen LogP contribution in [-0.4, -0.2) is 66.7 Å². The maximum absolute atomic E-state index is 12.6. The first-order valence-electron chi connectivity index (χ1n) is 11.6. The zero-order chi connectivity index (χ0) is 20.8. The molecule has 3 heterocycles. The summed E-state index contributed by atoms with van der Waals surface area (Å²) in [4.78, 5) is 29.0. The van der Waals surface area contributed by atoms with Gasteiger partial charge in [-0.3, -0.25) is 4.79 Å². The Balaban J connectivity index is 1.20. The number of ether oxygens (including phenoxy) is 1. The van der Waals surface area contributed by atoms with E-state index in [-0.39, 0.29) is 11.6 Å². The average molecular weight is 414 g/mol. The number of nitrogens with one attached hydrogen (secondary N) is 1. The van der Waals surface area contributed by atoms with Gasteiger partial charge in [0.25, 0.3) is 0 Å². The lowest BCUT2D eigenvalue weighted by molar-refractivity contribution is -0.139. The fraction of sp³-hybridized carbons (Fsp3) is 0.667. The van der Waals surface area contributed by atoms with Crippen molar-refractivity contribution in [3.05, 3.63) is 35.9 Å². The summed E-state index contributed by atoms with van der Waals surface area (Å²) in [6.07, 6.45) is 7.47. The molecular formula is C24H35N3O3. The lowest BCUT2D eigenvalue weighted by atomic mass is 9.78. The second kappa shape index (κ2) is 9.82. The van der Waals surface area contributed by atoms with Crippen LogP contribution in [0.5, 0.6) is 0 Å². The molecule has 3 aliphatic heterocycles. The van der Waals surface area contributed by atoms with E-state index >= 15 is 0 Å². The highest BCUT2D eigenvalue weighted by atomic mass is 16.5.